The summed E-state index contributed by atoms with van der Waals surface area (Å²) in [5, 5.41) is 0.490. The zero-order valence-electron chi connectivity index (χ0n) is 19.5. The molecular formula is C27H25ClN2O5. The SMILES string of the molecule is CCOC(=O)C1Cc2c(ccc(OC)c2OCc2ccccc2)CN1c1nc2c(Cl)cccc2o1. The van der Waals surface area contributed by atoms with Crippen molar-refractivity contribution >= 4 is 34.7 Å². The largest absolute Gasteiger partial charge is 0.493 e. The number of carbonyl (C=O) groups excluding carboxylic acids is 1. The molecule has 1 aliphatic rings. The number of benzene rings is 3. The second-order valence-electron chi connectivity index (χ2n) is 8.19. The summed E-state index contributed by atoms with van der Waals surface area (Å²) >= 11 is 6.32. The molecule has 8 heteroatoms. The van der Waals surface area contributed by atoms with Crippen molar-refractivity contribution in [1.29, 1.82) is 0 Å². The Kier molecular flexibility index (Phi) is 6.51. The maximum atomic E-state index is 13.1. The molecule has 0 radical (unpaired) electrons. The summed E-state index contributed by atoms with van der Waals surface area (Å²) in [6.45, 7) is 2.82. The molecule has 3 aromatic carbocycles. The molecule has 0 aliphatic carbocycles. The van der Waals surface area contributed by atoms with Crippen molar-refractivity contribution in [1.82, 2.24) is 4.98 Å². The Bertz CT molecular complexity index is 1350. The molecule has 180 valence electrons. The van der Waals surface area contributed by atoms with Crippen LogP contribution in [0.25, 0.3) is 11.1 Å². The van der Waals surface area contributed by atoms with Gasteiger partial charge in [0.05, 0.1) is 18.7 Å². The molecule has 0 bridgehead atoms. The van der Waals surface area contributed by atoms with Crippen LogP contribution in [0.15, 0.2) is 65.1 Å². The summed E-state index contributed by atoms with van der Waals surface area (Å²) in [6.07, 6.45) is 0.349. The van der Waals surface area contributed by atoms with Gasteiger partial charge >= 0.3 is 5.97 Å². The number of oxazole rings is 1. The molecule has 0 fully saturated rings. The number of hydrogen-bond donors (Lipinski definition) is 0. The summed E-state index contributed by atoms with van der Waals surface area (Å²) in [7, 11) is 1.61. The summed E-state index contributed by atoms with van der Waals surface area (Å²) in [6, 6.07) is 18.8. The second kappa shape index (κ2) is 9.88. The minimum Gasteiger partial charge on any atom is -0.493 e. The fourth-order valence-electron chi connectivity index (χ4n) is 4.34. The van der Waals surface area contributed by atoms with Crippen LogP contribution in [0.1, 0.15) is 23.6 Å². The lowest BCUT2D eigenvalue weighted by Gasteiger charge is -2.35. The van der Waals surface area contributed by atoms with Crippen LogP contribution in [0, 0.1) is 0 Å². The normalized spacial score (nSPS) is 15.1. The van der Waals surface area contributed by atoms with Crippen molar-refractivity contribution in [3.63, 3.8) is 0 Å². The van der Waals surface area contributed by atoms with Gasteiger partial charge in [-0.3, -0.25) is 0 Å². The third-order valence-electron chi connectivity index (χ3n) is 6.04. The molecule has 0 spiro atoms. The lowest BCUT2D eigenvalue weighted by atomic mass is 9.92. The van der Waals surface area contributed by atoms with Crippen molar-refractivity contribution < 1.29 is 23.4 Å². The van der Waals surface area contributed by atoms with E-state index in [0.29, 0.717) is 53.2 Å². The summed E-state index contributed by atoms with van der Waals surface area (Å²) < 4.78 is 23.3. The van der Waals surface area contributed by atoms with Gasteiger partial charge in [0.1, 0.15) is 18.2 Å². The first-order chi connectivity index (χ1) is 17.1. The highest BCUT2D eigenvalue weighted by atomic mass is 35.5. The van der Waals surface area contributed by atoms with E-state index in [1.165, 1.54) is 0 Å². The molecular weight excluding hydrogens is 468 g/mol. The fourth-order valence-corrected chi connectivity index (χ4v) is 4.55. The number of ether oxygens (including phenoxy) is 3. The van der Waals surface area contributed by atoms with E-state index in [9.17, 15) is 4.79 Å². The average Bonchev–Trinajstić information content (AvgIpc) is 3.33. The van der Waals surface area contributed by atoms with Crippen LogP contribution >= 0.6 is 11.6 Å². The van der Waals surface area contributed by atoms with Crippen LogP contribution in [-0.4, -0.2) is 30.7 Å². The Morgan fingerprint density at radius 2 is 1.97 bits per heavy atom. The van der Waals surface area contributed by atoms with E-state index in [1.807, 2.05) is 47.4 Å². The minimum absolute atomic E-state index is 0.269. The van der Waals surface area contributed by atoms with Crippen LogP contribution < -0.4 is 14.4 Å². The van der Waals surface area contributed by atoms with Gasteiger partial charge < -0.3 is 23.5 Å². The van der Waals surface area contributed by atoms with E-state index in [4.69, 9.17) is 30.2 Å². The third kappa shape index (κ3) is 4.51. The van der Waals surface area contributed by atoms with Crippen LogP contribution in [0.2, 0.25) is 5.02 Å². The Hall–Kier alpha value is -3.71. The van der Waals surface area contributed by atoms with Crippen molar-refractivity contribution in [3.8, 4) is 11.5 Å². The molecule has 0 N–H and O–H groups in total. The molecule has 0 amide bonds. The summed E-state index contributed by atoms with van der Waals surface area (Å²) in [4.78, 5) is 19.5. The quantitative estimate of drug-likeness (QED) is 0.312. The zero-order chi connectivity index (χ0) is 24.4. The topological polar surface area (TPSA) is 74.0 Å². The van der Waals surface area contributed by atoms with Gasteiger partial charge in [-0.2, -0.15) is 4.98 Å². The molecule has 35 heavy (non-hydrogen) atoms. The number of carbonyl (C=O) groups is 1. The fraction of sp³-hybridized carbons (Fsp3) is 0.259. The predicted octanol–water partition coefficient (Wildman–Crippen LogP) is 5.56. The molecule has 1 unspecified atom stereocenters. The van der Waals surface area contributed by atoms with Crippen molar-refractivity contribution in [2.24, 2.45) is 0 Å². The van der Waals surface area contributed by atoms with E-state index < -0.39 is 6.04 Å². The van der Waals surface area contributed by atoms with Gasteiger partial charge in [0.2, 0.25) is 0 Å². The number of nitrogens with zero attached hydrogens (tertiary/aromatic N) is 2. The number of rotatable bonds is 7. The number of aromatic nitrogens is 1. The Labute approximate surface area is 208 Å². The van der Waals surface area contributed by atoms with Crippen molar-refractivity contribution in [2.75, 3.05) is 18.6 Å². The van der Waals surface area contributed by atoms with E-state index >= 15 is 0 Å². The number of fused-ring (bicyclic) bond motifs is 2. The summed E-state index contributed by atoms with van der Waals surface area (Å²) in [5.74, 6) is 0.885. The predicted molar refractivity (Wildman–Crippen MR) is 133 cm³/mol. The first-order valence-corrected chi connectivity index (χ1v) is 11.8. The maximum Gasteiger partial charge on any atom is 0.329 e. The second-order valence-corrected chi connectivity index (χ2v) is 8.60. The van der Waals surface area contributed by atoms with Crippen molar-refractivity contribution in [3.05, 3.63) is 82.4 Å². The molecule has 2 heterocycles. The van der Waals surface area contributed by atoms with Gasteiger partial charge in [-0.05, 0) is 36.2 Å². The number of halogens is 1. The Balaban J connectivity index is 1.54. The highest BCUT2D eigenvalue weighted by molar-refractivity contribution is 6.34. The van der Waals surface area contributed by atoms with Crippen LogP contribution in [0.4, 0.5) is 6.01 Å². The molecule has 5 rings (SSSR count). The van der Waals surface area contributed by atoms with E-state index in [1.54, 1.807) is 32.2 Å². The maximum absolute atomic E-state index is 13.1. The average molecular weight is 493 g/mol. The van der Waals surface area contributed by atoms with Crippen LogP contribution in [0.3, 0.4) is 0 Å². The highest BCUT2D eigenvalue weighted by Crippen LogP contribution is 2.40. The van der Waals surface area contributed by atoms with E-state index in [2.05, 4.69) is 4.98 Å². The number of para-hydroxylation sites is 1. The molecule has 7 nitrogen and oxygen atoms in total. The number of methoxy groups -OCH3 is 1. The monoisotopic (exact) mass is 492 g/mol. The van der Waals surface area contributed by atoms with Gasteiger partial charge in [-0.25, -0.2) is 4.79 Å². The number of esters is 1. The minimum atomic E-state index is -0.652. The highest BCUT2D eigenvalue weighted by Gasteiger charge is 2.37. The van der Waals surface area contributed by atoms with Gasteiger partial charge in [-0.1, -0.05) is 54.1 Å². The molecule has 4 aromatic rings. The van der Waals surface area contributed by atoms with Crippen molar-refractivity contribution in [2.45, 2.75) is 32.5 Å². The van der Waals surface area contributed by atoms with Crippen LogP contribution in [0.5, 0.6) is 11.5 Å². The van der Waals surface area contributed by atoms with Gasteiger partial charge in [0.15, 0.2) is 17.1 Å². The Morgan fingerprint density at radius 3 is 2.71 bits per heavy atom. The Morgan fingerprint density at radius 1 is 1.14 bits per heavy atom. The van der Waals surface area contributed by atoms with Gasteiger partial charge in [-0.15, -0.1) is 0 Å². The standard InChI is InChI=1S/C27H25ClN2O5/c1-3-33-26(31)21-14-19-18(15-30(21)27-29-24-20(28)10-7-11-22(24)35-27)12-13-23(32-2)25(19)34-16-17-8-5-4-6-9-17/h4-13,21H,3,14-16H2,1-2H3. The molecule has 0 saturated heterocycles. The first-order valence-electron chi connectivity index (χ1n) is 11.4. The van der Waals surface area contributed by atoms with E-state index in [0.717, 1.165) is 16.7 Å². The number of hydrogen-bond acceptors (Lipinski definition) is 7. The molecule has 1 aromatic heterocycles. The van der Waals surface area contributed by atoms with Crippen LogP contribution in [-0.2, 0) is 29.1 Å². The zero-order valence-corrected chi connectivity index (χ0v) is 20.2. The number of anilines is 1. The van der Waals surface area contributed by atoms with E-state index in [-0.39, 0.29) is 12.6 Å². The smallest absolute Gasteiger partial charge is 0.329 e. The van der Waals surface area contributed by atoms with Gasteiger partial charge in [0.25, 0.3) is 6.01 Å². The first kappa shape index (κ1) is 23.1. The molecule has 1 atom stereocenters. The molecule has 1 aliphatic heterocycles. The lowest BCUT2D eigenvalue weighted by Crippen LogP contribution is -2.47. The lowest BCUT2D eigenvalue weighted by molar-refractivity contribution is -0.145. The van der Waals surface area contributed by atoms with Gasteiger partial charge in [0, 0.05) is 18.5 Å². The molecule has 0 saturated carbocycles. The third-order valence-corrected chi connectivity index (χ3v) is 6.35. The summed E-state index contributed by atoms with van der Waals surface area (Å²) in [5.41, 5.74) is 4.04.